The maximum atomic E-state index is 8.92. The molecule has 16 heavy (non-hydrogen) atoms. The molecule has 0 bridgehead atoms. The second kappa shape index (κ2) is 3.99. The average Bonchev–Trinajstić information content (AvgIpc) is 2.54. The number of hydrogen-bond donors (Lipinski definition) is 0. The van der Waals surface area contributed by atoms with E-state index in [1.807, 2.05) is 37.3 Å². The van der Waals surface area contributed by atoms with E-state index in [0.717, 1.165) is 11.1 Å². The lowest BCUT2D eigenvalue weighted by atomic mass is 10.1. The van der Waals surface area contributed by atoms with Crippen LogP contribution in [0.5, 0.6) is 0 Å². The minimum Gasteiger partial charge on any atom is -0.318 e. The first-order valence-electron chi connectivity index (χ1n) is 4.83. The van der Waals surface area contributed by atoms with Gasteiger partial charge in [-0.3, -0.25) is 0 Å². The topological polar surface area (TPSA) is 41.6 Å². The summed E-state index contributed by atoms with van der Waals surface area (Å²) in [7, 11) is 1.79. The van der Waals surface area contributed by atoms with Crippen molar-refractivity contribution in [2.45, 2.75) is 6.92 Å². The first-order valence-corrected chi connectivity index (χ1v) is 5.20. The summed E-state index contributed by atoms with van der Waals surface area (Å²) in [6.45, 7) is 2.01. The van der Waals surface area contributed by atoms with Gasteiger partial charge in [-0.15, -0.1) is 0 Å². The lowest BCUT2D eigenvalue weighted by molar-refractivity contribution is 0.907. The fraction of sp³-hybridized carbons (Fsp3) is 0.167. The Kier molecular flexibility index (Phi) is 2.67. The third kappa shape index (κ3) is 1.68. The molecule has 80 valence electrons. The van der Waals surface area contributed by atoms with Gasteiger partial charge in [0, 0.05) is 12.6 Å². The van der Waals surface area contributed by atoms with Crippen molar-refractivity contribution in [2.75, 3.05) is 0 Å². The van der Waals surface area contributed by atoms with Crippen LogP contribution in [0.25, 0.3) is 11.4 Å². The van der Waals surface area contributed by atoms with Crippen molar-refractivity contribution in [1.82, 2.24) is 9.55 Å². The number of hydrogen-bond acceptors (Lipinski definition) is 2. The SMILES string of the molecule is Cc1cccc(-c2nc(Cl)c(C#N)n2C)c1. The van der Waals surface area contributed by atoms with Gasteiger partial charge in [-0.05, 0) is 13.0 Å². The summed E-state index contributed by atoms with van der Waals surface area (Å²) in [6, 6.07) is 9.97. The Labute approximate surface area is 98.9 Å². The summed E-state index contributed by atoms with van der Waals surface area (Å²) >= 11 is 5.89. The molecule has 0 spiro atoms. The molecular formula is C12H10ClN3. The van der Waals surface area contributed by atoms with Gasteiger partial charge in [-0.2, -0.15) is 5.26 Å². The molecule has 0 amide bonds. The molecule has 2 rings (SSSR count). The molecule has 1 aromatic heterocycles. The molecule has 0 unspecified atom stereocenters. The fourth-order valence-corrected chi connectivity index (χ4v) is 1.88. The molecule has 0 aliphatic heterocycles. The summed E-state index contributed by atoms with van der Waals surface area (Å²) in [5.74, 6) is 0.713. The third-order valence-electron chi connectivity index (χ3n) is 2.43. The molecule has 3 nitrogen and oxygen atoms in total. The highest BCUT2D eigenvalue weighted by molar-refractivity contribution is 6.30. The third-order valence-corrected chi connectivity index (χ3v) is 2.70. The van der Waals surface area contributed by atoms with Crippen molar-refractivity contribution in [3.05, 3.63) is 40.7 Å². The maximum absolute atomic E-state index is 8.92. The summed E-state index contributed by atoms with van der Waals surface area (Å²) in [5, 5.41) is 9.17. The molecule has 2 aromatic rings. The Morgan fingerprint density at radius 2 is 2.19 bits per heavy atom. The number of aryl methyl sites for hydroxylation is 1. The van der Waals surface area contributed by atoms with E-state index in [0.29, 0.717) is 11.5 Å². The highest BCUT2D eigenvalue weighted by atomic mass is 35.5. The number of imidazole rings is 1. The first-order chi connectivity index (χ1) is 7.63. The fourth-order valence-electron chi connectivity index (χ4n) is 1.63. The Hall–Kier alpha value is -1.79. The van der Waals surface area contributed by atoms with Crippen LogP contribution in [-0.4, -0.2) is 9.55 Å². The highest BCUT2D eigenvalue weighted by Crippen LogP contribution is 2.24. The second-order valence-corrected chi connectivity index (χ2v) is 3.97. The quantitative estimate of drug-likeness (QED) is 0.757. The molecule has 4 heteroatoms. The van der Waals surface area contributed by atoms with Crippen molar-refractivity contribution < 1.29 is 0 Å². The van der Waals surface area contributed by atoms with Crippen LogP contribution in [0, 0.1) is 18.3 Å². The van der Waals surface area contributed by atoms with Crippen LogP contribution in [-0.2, 0) is 7.05 Å². The molecule has 0 saturated carbocycles. The first kappa shape index (κ1) is 10.7. The predicted octanol–water partition coefficient (Wildman–Crippen LogP) is 2.92. The zero-order valence-electron chi connectivity index (χ0n) is 9.03. The Balaban J connectivity index is 2.62. The highest BCUT2D eigenvalue weighted by Gasteiger charge is 2.13. The number of nitrogens with zero attached hydrogens (tertiary/aromatic N) is 3. The number of rotatable bonds is 1. The van der Waals surface area contributed by atoms with E-state index in [1.54, 1.807) is 11.6 Å². The van der Waals surface area contributed by atoms with Gasteiger partial charge in [-0.25, -0.2) is 4.98 Å². The average molecular weight is 232 g/mol. The van der Waals surface area contributed by atoms with Gasteiger partial charge < -0.3 is 4.57 Å². The Bertz CT molecular complexity index is 578. The van der Waals surface area contributed by atoms with Crippen LogP contribution in [0.1, 0.15) is 11.3 Å². The molecule has 0 radical (unpaired) electrons. The largest absolute Gasteiger partial charge is 0.318 e. The van der Waals surface area contributed by atoms with E-state index in [2.05, 4.69) is 4.98 Å². The summed E-state index contributed by atoms with van der Waals surface area (Å²) in [5.41, 5.74) is 2.50. The molecule has 1 heterocycles. The lowest BCUT2D eigenvalue weighted by Gasteiger charge is -2.02. The molecule has 0 saturated heterocycles. The van der Waals surface area contributed by atoms with Crippen molar-refractivity contribution in [3.8, 4) is 17.5 Å². The molecule has 0 aliphatic carbocycles. The van der Waals surface area contributed by atoms with Crippen LogP contribution >= 0.6 is 11.6 Å². The van der Waals surface area contributed by atoms with Crippen LogP contribution in [0.3, 0.4) is 0 Å². The van der Waals surface area contributed by atoms with Gasteiger partial charge in [0.1, 0.15) is 11.9 Å². The maximum Gasteiger partial charge on any atom is 0.166 e. The summed E-state index contributed by atoms with van der Waals surface area (Å²) < 4.78 is 1.71. The van der Waals surface area contributed by atoms with Gasteiger partial charge >= 0.3 is 0 Å². The Morgan fingerprint density at radius 1 is 1.44 bits per heavy atom. The van der Waals surface area contributed by atoms with E-state index < -0.39 is 0 Å². The molecular weight excluding hydrogens is 222 g/mol. The van der Waals surface area contributed by atoms with Crippen molar-refractivity contribution in [3.63, 3.8) is 0 Å². The lowest BCUT2D eigenvalue weighted by Crippen LogP contribution is -1.95. The van der Waals surface area contributed by atoms with E-state index in [4.69, 9.17) is 16.9 Å². The van der Waals surface area contributed by atoms with Crippen LogP contribution in [0.4, 0.5) is 0 Å². The van der Waals surface area contributed by atoms with E-state index >= 15 is 0 Å². The standard InChI is InChI=1S/C12H10ClN3/c1-8-4-3-5-9(6-8)12-15-11(13)10(7-14)16(12)2/h3-6H,1-2H3. The zero-order chi connectivity index (χ0) is 11.7. The number of halogens is 1. The molecule has 0 N–H and O–H groups in total. The smallest absolute Gasteiger partial charge is 0.166 e. The number of nitriles is 1. The van der Waals surface area contributed by atoms with Crippen LogP contribution in [0.2, 0.25) is 5.15 Å². The van der Waals surface area contributed by atoms with E-state index in [9.17, 15) is 0 Å². The molecule has 0 atom stereocenters. The normalized spacial score (nSPS) is 10.1. The number of aromatic nitrogens is 2. The van der Waals surface area contributed by atoms with Gasteiger partial charge in [-0.1, -0.05) is 35.4 Å². The molecule has 0 aliphatic rings. The van der Waals surface area contributed by atoms with Gasteiger partial charge in [0.2, 0.25) is 0 Å². The van der Waals surface area contributed by atoms with Crippen LogP contribution in [0.15, 0.2) is 24.3 Å². The minimum absolute atomic E-state index is 0.251. The van der Waals surface area contributed by atoms with Gasteiger partial charge in [0.05, 0.1) is 0 Å². The zero-order valence-corrected chi connectivity index (χ0v) is 9.78. The predicted molar refractivity (Wildman–Crippen MR) is 63.1 cm³/mol. The summed E-state index contributed by atoms with van der Waals surface area (Å²) in [6.07, 6.45) is 0. The van der Waals surface area contributed by atoms with E-state index in [1.165, 1.54) is 0 Å². The van der Waals surface area contributed by atoms with Crippen molar-refractivity contribution in [1.29, 1.82) is 5.26 Å². The minimum atomic E-state index is 0.251. The number of benzene rings is 1. The molecule has 1 aromatic carbocycles. The second-order valence-electron chi connectivity index (χ2n) is 3.62. The molecule has 0 fully saturated rings. The summed E-state index contributed by atoms with van der Waals surface area (Å²) in [4.78, 5) is 4.20. The van der Waals surface area contributed by atoms with Crippen molar-refractivity contribution in [2.24, 2.45) is 7.05 Å². The van der Waals surface area contributed by atoms with Crippen molar-refractivity contribution >= 4 is 11.6 Å². The monoisotopic (exact) mass is 231 g/mol. The van der Waals surface area contributed by atoms with Gasteiger partial charge in [0.15, 0.2) is 10.8 Å². The van der Waals surface area contributed by atoms with Gasteiger partial charge in [0.25, 0.3) is 0 Å². The van der Waals surface area contributed by atoms with Crippen LogP contribution < -0.4 is 0 Å². The Morgan fingerprint density at radius 3 is 2.75 bits per heavy atom. The van der Waals surface area contributed by atoms with E-state index in [-0.39, 0.29) is 5.15 Å².